The molecule has 0 heterocycles. The van der Waals surface area contributed by atoms with Gasteiger partial charge in [-0.15, -0.1) is 0 Å². The first-order valence-electron chi connectivity index (χ1n) is 10.7. The Balaban J connectivity index is 0.000000197. The second-order valence-corrected chi connectivity index (χ2v) is 14.3. The zero-order valence-corrected chi connectivity index (χ0v) is 22.2. The molecule has 0 aliphatic rings. The molecule has 5 nitrogen and oxygen atoms in total. The van der Waals surface area contributed by atoms with Gasteiger partial charge < -0.3 is 19.3 Å². The second-order valence-electron chi connectivity index (χ2n) is 7.19. The molecule has 0 saturated carbocycles. The minimum absolute atomic E-state index is 0.0875. The summed E-state index contributed by atoms with van der Waals surface area (Å²) in [6, 6.07) is 35.7. The molecule has 0 fully saturated rings. The molecule has 1 radical (unpaired) electrons. The predicted molar refractivity (Wildman–Crippen MR) is 137 cm³/mol. The van der Waals surface area contributed by atoms with Gasteiger partial charge in [0.15, 0.2) is 11.5 Å². The van der Waals surface area contributed by atoms with Crippen LogP contribution in [0.3, 0.4) is 0 Å². The first kappa shape index (κ1) is 25.2. The fourth-order valence-electron chi connectivity index (χ4n) is 3.52. The Labute approximate surface area is 207 Å². The molecule has 4 aromatic carbocycles. The van der Waals surface area contributed by atoms with Crippen molar-refractivity contribution in [1.82, 2.24) is 0 Å². The van der Waals surface area contributed by atoms with E-state index in [1.54, 1.807) is 0 Å². The summed E-state index contributed by atoms with van der Waals surface area (Å²) in [5.74, 6) is -0.0113. The molecule has 6 heteroatoms. The van der Waals surface area contributed by atoms with E-state index in [1.165, 1.54) is 44.2 Å². The van der Waals surface area contributed by atoms with Gasteiger partial charge in [0.25, 0.3) is 0 Å². The van der Waals surface area contributed by atoms with E-state index in [2.05, 4.69) is 91.0 Å². The van der Waals surface area contributed by atoms with Crippen molar-refractivity contribution in [3.05, 3.63) is 109 Å². The topological polar surface area (TPSA) is 65.0 Å². The van der Waals surface area contributed by atoms with Gasteiger partial charge in [0.1, 0.15) is 0 Å². The summed E-state index contributed by atoms with van der Waals surface area (Å²) in [6.07, 6.45) is 0. The van der Waals surface area contributed by atoms with Crippen LogP contribution in [0.5, 0.6) is 17.2 Å². The summed E-state index contributed by atoms with van der Waals surface area (Å²) in [7, 11) is 4.33. The Kier molecular flexibility index (Phi) is 9.40. The first-order valence-corrected chi connectivity index (χ1v) is 14.9. The predicted octanol–water partition coefficient (Wildman–Crippen LogP) is 3.61. The van der Waals surface area contributed by atoms with Gasteiger partial charge in [0.05, 0.1) is 26.9 Å². The monoisotopic (exact) mass is 563 g/mol. The molecule has 34 heavy (non-hydrogen) atoms. The zero-order chi connectivity index (χ0) is 24.3. The number of carboxylic acid groups (broad SMARTS) is 1. The molecule has 1 N–H and O–H groups in total. The van der Waals surface area contributed by atoms with Crippen LogP contribution in [0.4, 0.5) is 0 Å². The van der Waals surface area contributed by atoms with Gasteiger partial charge in [-0.05, 0) is 12.1 Å². The third kappa shape index (κ3) is 6.32. The molecule has 0 bridgehead atoms. The van der Waals surface area contributed by atoms with Crippen LogP contribution >= 0.6 is 0 Å². The van der Waals surface area contributed by atoms with Crippen molar-refractivity contribution >= 4 is 36.5 Å². The third-order valence-electron chi connectivity index (χ3n) is 5.10. The van der Waals surface area contributed by atoms with Gasteiger partial charge >= 0.3 is 127 Å². The first-order chi connectivity index (χ1) is 16.6. The summed E-state index contributed by atoms with van der Waals surface area (Å²) >= 11 is -1.98. The molecular formula is C28H27O5Sn. The fraction of sp³-hybridized carbons (Fsp3) is 0.107. The van der Waals surface area contributed by atoms with E-state index in [4.69, 9.17) is 19.3 Å². The van der Waals surface area contributed by atoms with Crippen molar-refractivity contribution in [2.75, 3.05) is 21.3 Å². The van der Waals surface area contributed by atoms with E-state index in [1.807, 2.05) is 0 Å². The molecule has 0 atom stereocenters. The fourth-order valence-corrected chi connectivity index (χ4v) is 10.9. The zero-order valence-electron chi connectivity index (χ0n) is 19.4. The van der Waals surface area contributed by atoms with Crippen LogP contribution in [-0.2, 0) is 0 Å². The summed E-state index contributed by atoms with van der Waals surface area (Å²) in [6.45, 7) is 0. The Morgan fingerprint density at radius 1 is 0.618 bits per heavy atom. The van der Waals surface area contributed by atoms with Crippen LogP contribution in [0.1, 0.15) is 10.4 Å². The summed E-state index contributed by atoms with van der Waals surface area (Å²) in [4.78, 5) is 10.8. The van der Waals surface area contributed by atoms with Gasteiger partial charge in [0.2, 0.25) is 5.75 Å². The number of methoxy groups -OCH3 is 3. The molecule has 4 rings (SSSR count). The average molecular weight is 562 g/mol. The SMILES string of the molecule is COc1cc(C(=O)O)cc(OC)c1OC.c1cc[c]([Sn]([c]2ccccc2)[c]2ccccc2)cc1. The maximum atomic E-state index is 10.8. The van der Waals surface area contributed by atoms with Crippen molar-refractivity contribution in [3.63, 3.8) is 0 Å². The van der Waals surface area contributed by atoms with Crippen molar-refractivity contribution in [2.24, 2.45) is 0 Å². The van der Waals surface area contributed by atoms with Crippen molar-refractivity contribution < 1.29 is 24.1 Å². The number of hydrogen-bond donors (Lipinski definition) is 1. The van der Waals surface area contributed by atoms with Crippen molar-refractivity contribution in [3.8, 4) is 17.2 Å². The summed E-state index contributed by atoms with van der Waals surface area (Å²) in [5, 5.41) is 8.84. The third-order valence-corrected chi connectivity index (χ3v) is 12.9. The Morgan fingerprint density at radius 2 is 0.971 bits per heavy atom. The van der Waals surface area contributed by atoms with E-state index in [0.29, 0.717) is 17.2 Å². The van der Waals surface area contributed by atoms with Crippen LogP contribution in [0.25, 0.3) is 0 Å². The average Bonchev–Trinajstić information content (AvgIpc) is 2.90. The van der Waals surface area contributed by atoms with Gasteiger partial charge in [-0.2, -0.15) is 0 Å². The van der Waals surface area contributed by atoms with Crippen molar-refractivity contribution in [1.29, 1.82) is 0 Å². The molecule has 0 saturated heterocycles. The molecule has 0 aliphatic carbocycles. The maximum absolute atomic E-state index is 10.8. The number of hydrogen-bond acceptors (Lipinski definition) is 4. The van der Waals surface area contributed by atoms with Gasteiger partial charge in [0, 0.05) is 0 Å². The van der Waals surface area contributed by atoms with Gasteiger partial charge in [-0.3, -0.25) is 0 Å². The van der Waals surface area contributed by atoms with E-state index in [9.17, 15) is 4.79 Å². The molecule has 0 spiro atoms. The van der Waals surface area contributed by atoms with Crippen LogP contribution in [0.15, 0.2) is 103 Å². The minimum atomic E-state index is -1.98. The number of benzene rings is 4. The molecule has 173 valence electrons. The normalized spacial score (nSPS) is 10.1. The standard InChI is InChI=1S/C10H12O5.3C6H5.Sn/c1-13-7-4-6(10(11)12)5-8(14-2)9(7)15-3;3*1-2-4-6-5-3-1;/h4-5H,1-3H3,(H,11,12);3*1-5H;. The summed E-state index contributed by atoms with van der Waals surface area (Å²) < 4.78 is 19.6. The number of aromatic carboxylic acids is 1. The Bertz CT molecular complexity index is 1060. The van der Waals surface area contributed by atoms with E-state index >= 15 is 0 Å². The Hall–Kier alpha value is -3.45. The molecular weight excluding hydrogens is 535 g/mol. The van der Waals surface area contributed by atoms with Crippen molar-refractivity contribution in [2.45, 2.75) is 0 Å². The number of carboxylic acids is 1. The van der Waals surface area contributed by atoms with Gasteiger partial charge in [-0.25, -0.2) is 4.79 Å². The van der Waals surface area contributed by atoms with E-state index in [0.717, 1.165) is 0 Å². The van der Waals surface area contributed by atoms with Crippen LogP contribution in [0, 0.1) is 0 Å². The molecule has 4 aromatic rings. The van der Waals surface area contributed by atoms with Crippen LogP contribution < -0.4 is 24.9 Å². The quantitative estimate of drug-likeness (QED) is 0.349. The van der Waals surface area contributed by atoms with Crippen LogP contribution in [-0.4, -0.2) is 52.2 Å². The second kappa shape index (κ2) is 12.7. The number of ether oxygens (including phenoxy) is 3. The number of rotatable bonds is 7. The molecule has 0 aliphatic heterocycles. The number of carbonyl (C=O) groups is 1. The van der Waals surface area contributed by atoms with E-state index < -0.39 is 25.7 Å². The Morgan fingerprint density at radius 3 is 1.24 bits per heavy atom. The molecule has 0 unspecified atom stereocenters. The molecule has 0 aromatic heterocycles. The van der Waals surface area contributed by atoms with E-state index in [-0.39, 0.29) is 5.56 Å². The molecule has 0 amide bonds. The van der Waals surface area contributed by atoms with Gasteiger partial charge in [-0.1, -0.05) is 0 Å². The summed E-state index contributed by atoms with van der Waals surface area (Å²) in [5.41, 5.74) is 0.0875. The van der Waals surface area contributed by atoms with Crippen LogP contribution in [0.2, 0.25) is 0 Å².